The van der Waals surface area contributed by atoms with Crippen molar-refractivity contribution in [2.24, 2.45) is 0 Å². The fourth-order valence-corrected chi connectivity index (χ4v) is 2.84. The van der Waals surface area contributed by atoms with Gasteiger partial charge in [0.1, 0.15) is 0 Å². The van der Waals surface area contributed by atoms with Gasteiger partial charge in [-0.05, 0) is 31.4 Å². The summed E-state index contributed by atoms with van der Waals surface area (Å²) in [6.07, 6.45) is 0.729. The lowest BCUT2D eigenvalue weighted by atomic mass is 10.0. The van der Waals surface area contributed by atoms with E-state index in [1.165, 1.54) is 15.0 Å². The molecule has 0 aliphatic rings. The van der Waals surface area contributed by atoms with Crippen LogP contribution in [0.5, 0.6) is 0 Å². The van der Waals surface area contributed by atoms with Crippen molar-refractivity contribution in [1.29, 1.82) is 0 Å². The Morgan fingerprint density at radius 3 is 2.64 bits per heavy atom. The van der Waals surface area contributed by atoms with Crippen LogP contribution in [0.2, 0.25) is 0 Å². The van der Waals surface area contributed by atoms with Crippen LogP contribution < -0.4 is 0 Å². The van der Waals surface area contributed by atoms with Gasteiger partial charge in [-0.25, -0.2) is 0 Å². The molecule has 0 spiro atoms. The van der Waals surface area contributed by atoms with Gasteiger partial charge >= 0.3 is 0 Å². The Kier molecular flexibility index (Phi) is 2.33. The topological polar surface area (TPSA) is 20.2 Å². The fraction of sp³-hybridized carbons (Fsp3) is 0.333. The molecule has 1 nitrogen and oxygen atoms in total. The van der Waals surface area contributed by atoms with Crippen molar-refractivity contribution in [1.82, 2.24) is 0 Å². The molecule has 2 heteroatoms. The highest BCUT2D eigenvalue weighted by Gasteiger charge is 2.14. The van der Waals surface area contributed by atoms with Crippen molar-refractivity contribution in [2.45, 2.75) is 25.9 Å². The number of rotatable bonds is 2. The molecular formula is C12H14OS. The Morgan fingerprint density at radius 1 is 1.29 bits per heavy atom. The van der Waals surface area contributed by atoms with Crippen LogP contribution in [-0.2, 0) is 6.42 Å². The second-order valence-electron chi connectivity index (χ2n) is 4.24. The molecule has 0 amide bonds. The zero-order chi connectivity index (χ0) is 10.2. The van der Waals surface area contributed by atoms with Crippen LogP contribution in [0.4, 0.5) is 0 Å². The Morgan fingerprint density at radius 2 is 2.00 bits per heavy atom. The highest BCUT2D eigenvalue weighted by Crippen LogP contribution is 2.27. The van der Waals surface area contributed by atoms with E-state index in [4.69, 9.17) is 0 Å². The zero-order valence-electron chi connectivity index (χ0n) is 8.45. The first kappa shape index (κ1) is 9.69. The van der Waals surface area contributed by atoms with Crippen LogP contribution in [0.3, 0.4) is 0 Å². The van der Waals surface area contributed by atoms with E-state index in [1.807, 2.05) is 26.0 Å². The second-order valence-corrected chi connectivity index (χ2v) is 5.41. The lowest BCUT2D eigenvalue weighted by Gasteiger charge is -2.14. The van der Waals surface area contributed by atoms with Crippen LogP contribution in [-0.4, -0.2) is 10.7 Å². The third-order valence-corrected chi connectivity index (χ3v) is 3.20. The third kappa shape index (κ3) is 2.14. The Balaban J connectivity index is 2.36. The predicted molar refractivity (Wildman–Crippen MR) is 61.8 cm³/mol. The minimum Gasteiger partial charge on any atom is -0.390 e. The number of thiophene rings is 1. The van der Waals surface area contributed by atoms with Crippen molar-refractivity contribution in [2.75, 3.05) is 0 Å². The molecule has 1 aromatic heterocycles. The normalized spacial score (nSPS) is 12.2. The lowest BCUT2D eigenvalue weighted by Crippen LogP contribution is -2.20. The molecule has 2 aromatic rings. The largest absolute Gasteiger partial charge is 0.390 e. The molecule has 0 fully saturated rings. The van der Waals surface area contributed by atoms with E-state index in [2.05, 4.69) is 18.2 Å². The van der Waals surface area contributed by atoms with Crippen LogP contribution >= 0.6 is 11.3 Å². The van der Waals surface area contributed by atoms with E-state index < -0.39 is 5.60 Å². The molecule has 0 bridgehead atoms. The van der Waals surface area contributed by atoms with Gasteiger partial charge in [0.2, 0.25) is 0 Å². The maximum Gasteiger partial charge on any atom is 0.0639 e. The first-order valence-corrected chi connectivity index (χ1v) is 5.56. The molecule has 0 unspecified atom stereocenters. The number of benzene rings is 1. The van der Waals surface area contributed by atoms with Gasteiger partial charge in [-0.2, -0.15) is 0 Å². The van der Waals surface area contributed by atoms with Crippen molar-refractivity contribution in [3.63, 3.8) is 0 Å². The van der Waals surface area contributed by atoms with Gasteiger partial charge in [-0.3, -0.25) is 0 Å². The molecule has 2 rings (SSSR count). The van der Waals surface area contributed by atoms with Gasteiger partial charge in [-0.15, -0.1) is 11.3 Å². The standard InChI is InChI=1S/C12H14OS/c1-12(2,13)8-10-7-9-5-3-4-6-11(9)14-10/h3-7,13H,8H2,1-2H3. The first-order valence-electron chi connectivity index (χ1n) is 4.74. The molecule has 74 valence electrons. The molecule has 1 aromatic carbocycles. The number of hydrogen-bond acceptors (Lipinski definition) is 2. The third-order valence-electron chi connectivity index (χ3n) is 2.08. The van der Waals surface area contributed by atoms with Crippen molar-refractivity contribution in [3.05, 3.63) is 35.2 Å². The van der Waals surface area contributed by atoms with Gasteiger partial charge in [-0.1, -0.05) is 18.2 Å². The van der Waals surface area contributed by atoms with Gasteiger partial charge in [0, 0.05) is 16.0 Å². The predicted octanol–water partition coefficient (Wildman–Crippen LogP) is 3.21. The van der Waals surface area contributed by atoms with Gasteiger partial charge in [0.05, 0.1) is 5.60 Å². The summed E-state index contributed by atoms with van der Waals surface area (Å²) in [5, 5.41) is 11.0. The van der Waals surface area contributed by atoms with Crippen molar-refractivity contribution >= 4 is 21.4 Å². The Bertz CT molecular complexity index is 404. The number of aliphatic hydroxyl groups is 1. The minimum atomic E-state index is -0.610. The van der Waals surface area contributed by atoms with Gasteiger partial charge in [0.25, 0.3) is 0 Å². The summed E-state index contributed by atoms with van der Waals surface area (Å²) in [6.45, 7) is 3.69. The van der Waals surface area contributed by atoms with Gasteiger partial charge in [0.15, 0.2) is 0 Å². The molecule has 1 N–H and O–H groups in total. The molecule has 0 radical (unpaired) electrons. The number of fused-ring (bicyclic) bond motifs is 1. The molecule has 1 heterocycles. The quantitative estimate of drug-likeness (QED) is 0.800. The zero-order valence-corrected chi connectivity index (χ0v) is 9.27. The van der Waals surface area contributed by atoms with E-state index in [-0.39, 0.29) is 0 Å². The molecule has 0 saturated carbocycles. The van der Waals surface area contributed by atoms with E-state index in [0.717, 1.165) is 6.42 Å². The molecule has 0 saturated heterocycles. The van der Waals surface area contributed by atoms with E-state index >= 15 is 0 Å². The average Bonchev–Trinajstić information content (AvgIpc) is 2.42. The summed E-state index contributed by atoms with van der Waals surface area (Å²) < 4.78 is 1.30. The molecule has 0 aliphatic heterocycles. The molecular weight excluding hydrogens is 192 g/mol. The summed E-state index contributed by atoms with van der Waals surface area (Å²) >= 11 is 1.76. The smallest absolute Gasteiger partial charge is 0.0639 e. The monoisotopic (exact) mass is 206 g/mol. The van der Waals surface area contributed by atoms with Crippen molar-refractivity contribution in [3.8, 4) is 0 Å². The fourth-order valence-electron chi connectivity index (χ4n) is 1.55. The van der Waals surface area contributed by atoms with E-state index in [9.17, 15) is 5.11 Å². The first-order chi connectivity index (χ1) is 6.54. The lowest BCUT2D eigenvalue weighted by molar-refractivity contribution is 0.0819. The van der Waals surface area contributed by atoms with Crippen LogP contribution in [0.25, 0.3) is 10.1 Å². The maximum atomic E-state index is 9.70. The molecule has 0 aliphatic carbocycles. The Hall–Kier alpha value is -0.860. The highest BCUT2D eigenvalue weighted by molar-refractivity contribution is 7.19. The molecule has 0 atom stereocenters. The summed E-state index contributed by atoms with van der Waals surface area (Å²) in [7, 11) is 0. The molecule has 14 heavy (non-hydrogen) atoms. The summed E-state index contributed by atoms with van der Waals surface area (Å²) in [6, 6.07) is 10.5. The summed E-state index contributed by atoms with van der Waals surface area (Å²) in [5.41, 5.74) is -0.610. The van der Waals surface area contributed by atoms with E-state index in [1.54, 1.807) is 11.3 Å². The van der Waals surface area contributed by atoms with Crippen LogP contribution in [0.15, 0.2) is 30.3 Å². The summed E-state index contributed by atoms with van der Waals surface area (Å²) in [4.78, 5) is 1.25. The van der Waals surface area contributed by atoms with E-state index in [0.29, 0.717) is 0 Å². The second kappa shape index (κ2) is 3.37. The van der Waals surface area contributed by atoms with Crippen LogP contribution in [0, 0.1) is 0 Å². The van der Waals surface area contributed by atoms with Crippen LogP contribution in [0.1, 0.15) is 18.7 Å². The van der Waals surface area contributed by atoms with Crippen molar-refractivity contribution < 1.29 is 5.11 Å². The highest BCUT2D eigenvalue weighted by atomic mass is 32.1. The number of hydrogen-bond donors (Lipinski definition) is 1. The average molecular weight is 206 g/mol. The SMILES string of the molecule is CC(C)(O)Cc1cc2ccccc2s1. The maximum absolute atomic E-state index is 9.70. The van der Waals surface area contributed by atoms with Gasteiger partial charge < -0.3 is 5.11 Å². The minimum absolute atomic E-state index is 0.610. The Labute approximate surface area is 88.0 Å². The summed E-state index contributed by atoms with van der Waals surface area (Å²) in [5.74, 6) is 0.